The van der Waals surface area contributed by atoms with Gasteiger partial charge in [-0.1, -0.05) is 25.9 Å². The van der Waals surface area contributed by atoms with E-state index in [-0.39, 0.29) is 0 Å². The first kappa shape index (κ1) is 10.0. The standard InChI is InChI=1S/C11H14BN/c1-5-9-6-10(7(2)3)11(12)8(4)13-9/h5-7H,1H2,2-4H3. The zero-order valence-corrected chi connectivity index (χ0v) is 8.46. The molecule has 0 atom stereocenters. The molecule has 1 rings (SSSR count). The summed E-state index contributed by atoms with van der Waals surface area (Å²) in [6.07, 6.45) is 1.75. The van der Waals surface area contributed by atoms with Crippen molar-refractivity contribution >= 4 is 19.4 Å². The molecule has 0 saturated carbocycles. The van der Waals surface area contributed by atoms with Crippen molar-refractivity contribution in [2.45, 2.75) is 26.7 Å². The number of rotatable bonds is 2. The lowest BCUT2D eigenvalue weighted by Gasteiger charge is -2.13. The van der Waals surface area contributed by atoms with Crippen LogP contribution in [0.3, 0.4) is 0 Å². The first-order valence-corrected chi connectivity index (χ1v) is 4.45. The largest absolute Gasteiger partial charge is 0.254 e. The average Bonchev–Trinajstić information content (AvgIpc) is 2.09. The highest BCUT2D eigenvalue weighted by atomic mass is 14.7. The molecule has 1 heterocycles. The molecule has 0 aliphatic carbocycles. The summed E-state index contributed by atoms with van der Waals surface area (Å²) >= 11 is 0. The van der Waals surface area contributed by atoms with Gasteiger partial charge < -0.3 is 0 Å². The summed E-state index contributed by atoms with van der Waals surface area (Å²) in [6, 6.07) is 2.00. The van der Waals surface area contributed by atoms with E-state index in [1.165, 1.54) is 0 Å². The molecule has 1 nitrogen and oxygen atoms in total. The van der Waals surface area contributed by atoms with Gasteiger partial charge in [-0.15, -0.1) is 0 Å². The zero-order valence-electron chi connectivity index (χ0n) is 8.46. The summed E-state index contributed by atoms with van der Waals surface area (Å²) in [5, 5.41) is 0. The molecule has 2 radical (unpaired) electrons. The highest BCUT2D eigenvalue weighted by molar-refractivity contribution is 6.34. The molecule has 2 heteroatoms. The number of hydrogen-bond donors (Lipinski definition) is 0. The Morgan fingerprint density at radius 1 is 1.54 bits per heavy atom. The Morgan fingerprint density at radius 3 is 2.62 bits per heavy atom. The molecule has 0 saturated heterocycles. The van der Waals surface area contributed by atoms with Crippen LogP contribution >= 0.6 is 0 Å². The minimum Gasteiger partial charge on any atom is -0.254 e. The molecule has 0 bridgehead atoms. The first-order valence-electron chi connectivity index (χ1n) is 4.45. The van der Waals surface area contributed by atoms with Gasteiger partial charge in [0.15, 0.2) is 0 Å². The highest BCUT2D eigenvalue weighted by Crippen LogP contribution is 2.13. The summed E-state index contributed by atoms with van der Waals surface area (Å²) in [6.45, 7) is 9.87. The second kappa shape index (κ2) is 3.78. The summed E-state index contributed by atoms with van der Waals surface area (Å²) < 4.78 is 0. The second-order valence-corrected chi connectivity index (χ2v) is 3.49. The third-order valence-corrected chi connectivity index (χ3v) is 2.13. The van der Waals surface area contributed by atoms with E-state index in [1.807, 2.05) is 13.0 Å². The van der Waals surface area contributed by atoms with Gasteiger partial charge in [0.05, 0.1) is 5.69 Å². The van der Waals surface area contributed by atoms with Crippen LogP contribution in [0.4, 0.5) is 0 Å². The fraction of sp³-hybridized carbons (Fsp3) is 0.364. The smallest absolute Gasteiger partial charge is 0.116 e. The van der Waals surface area contributed by atoms with E-state index >= 15 is 0 Å². The van der Waals surface area contributed by atoms with E-state index in [2.05, 4.69) is 25.4 Å². The first-order chi connectivity index (χ1) is 6.06. The highest BCUT2D eigenvalue weighted by Gasteiger charge is 2.06. The lowest BCUT2D eigenvalue weighted by molar-refractivity contribution is 0.867. The second-order valence-electron chi connectivity index (χ2n) is 3.49. The third-order valence-electron chi connectivity index (χ3n) is 2.13. The maximum atomic E-state index is 5.91. The van der Waals surface area contributed by atoms with Crippen molar-refractivity contribution in [1.29, 1.82) is 0 Å². The van der Waals surface area contributed by atoms with Gasteiger partial charge in [0.2, 0.25) is 0 Å². The molecule has 1 aromatic heterocycles. The quantitative estimate of drug-likeness (QED) is 0.619. The fourth-order valence-electron chi connectivity index (χ4n) is 1.31. The van der Waals surface area contributed by atoms with Crippen molar-refractivity contribution in [3.8, 4) is 0 Å². The average molecular weight is 171 g/mol. The van der Waals surface area contributed by atoms with E-state index in [0.29, 0.717) is 5.92 Å². The molecule has 66 valence electrons. The number of hydrogen-bond acceptors (Lipinski definition) is 1. The molecular weight excluding hydrogens is 157 g/mol. The lowest BCUT2D eigenvalue weighted by atomic mass is 9.84. The minimum atomic E-state index is 0.431. The summed E-state index contributed by atoms with van der Waals surface area (Å²) in [4.78, 5) is 4.29. The maximum absolute atomic E-state index is 5.91. The van der Waals surface area contributed by atoms with Crippen LogP contribution in [0, 0.1) is 6.92 Å². The van der Waals surface area contributed by atoms with Gasteiger partial charge in [-0.3, -0.25) is 4.98 Å². The Kier molecular flexibility index (Phi) is 2.92. The predicted octanol–water partition coefficient (Wildman–Crippen LogP) is 1.95. The van der Waals surface area contributed by atoms with E-state index in [0.717, 1.165) is 22.4 Å². The molecule has 0 spiro atoms. The van der Waals surface area contributed by atoms with Crippen LogP contribution in [0.25, 0.3) is 6.08 Å². The Balaban J connectivity index is 3.32. The van der Waals surface area contributed by atoms with E-state index in [4.69, 9.17) is 7.85 Å². The zero-order chi connectivity index (χ0) is 10.0. The van der Waals surface area contributed by atoms with E-state index in [9.17, 15) is 0 Å². The number of pyridine rings is 1. The molecule has 0 amide bonds. The monoisotopic (exact) mass is 171 g/mol. The maximum Gasteiger partial charge on any atom is 0.116 e. The van der Waals surface area contributed by atoms with Gasteiger partial charge >= 0.3 is 0 Å². The molecule has 0 N–H and O–H groups in total. The molecule has 13 heavy (non-hydrogen) atoms. The van der Waals surface area contributed by atoms with Crippen LogP contribution in [0.5, 0.6) is 0 Å². The summed E-state index contributed by atoms with van der Waals surface area (Å²) in [7, 11) is 5.91. The Morgan fingerprint density at radius 2 is 2.15 bits per heavy atom. The molecule has 1 aromatic rings. The number of nitrogens with zero attached hydrogens (tertiary/aromatic N) is 1. The van der Waals surface area contributed by atoms with Crippen LogP contribution in [-0.4, -0.2) is 12.8 Å². The fourth-order valence-corrected chi connectivity index (χ4v) is 1.31. The van der Waals surface area contributed by atoms with Gasteiger partial charge in [-0.2, -0.15) is 0 Å². The van der Waals surface area contributed by atoms with Crippen molar-refractivity contribution in [3.63, 3.8) is 0 Å². The van der Waals surface area contributed by atoms with Gasteiger partial charge in [0.25, 0.3) is 0 Å². The third kappa shape index (κ3) is 2.00. The normalized spacial score (nSPS) is 10.5. The molecular formula is C11H14BN. The van der Waals surface area contributed by atoms with Crippen molar-refractivity contribution in [2.24, 2.45) is 0 Å². The lowest BCUT2D eigenvalue weighted by Crippen LogP contribution is -2.17. The number of aryl methyl sites for hydroxylation is 1. The SMILES string of the molecule is [B]c1c(C(C)C)cc(C=C)nc1C. The van der Waals surface area contributed by atoms with Gasteiger partial charge in [0.1, 0.15) is 7.85 Å². The van der Waals surface area contributed by atoms with Gasteiger partial charge in [-0.25, -0.2) is 0 Å². The Bertz CT molecular complexity index is 329. The molecule has 0 fully saturated rings. The molecule has 0 unspecified atom stereocenters. The van der Waals surface area contributed by atoms with E-state index < -0.39 is 0 Å². The predicted molar refractivity (Wildman–Crippen MR) is 58.5 cm³/mol. The summed E-state index contributed by atoms with van der Waals surface area (Å²) in [5.74, 6) is 0.431. The van der Waals surface area contributed by atoms with Crippen LogP contribution in [-0.2, 0) is 0 Å². The van der Waals surface area contributed by atoms with Crippen molar-refractivity contribution in [1.82, 2.24) is 4.98 Å². The van der Waals surface area contributed by atoms with Gasteiger partial charge in [-0.05, 0) is 30.5 Å². The topological polar surface area (TPSA) is 12.9 Å². The molecule has 0 aliphatic heterocycles. The minimum absolute atomic E-state index is 0.431. The van der Waals surface area contributed by atoms with Crippen molar-refractivity contribution in [3.05, 3.63) is 29.6 Å². The van der Waals surface area contributed by atoms with Crippen LogP contribution < -0.4 is 5.46 Å². The molecule has 0 aromatic carbocycles. The van der Waals surface area contributed by atoms with Crippen LogP contribution in [0.2, 0.25) is 0 Å². The van der Waals surface area contributed by atoms with Crippen molar-refractivity contribution < 1.29 is 0 Å². The Labute approximate surface area is 81.3 Å². The van der Waals surface area contributed by atoms with Crippen molar-refractivity contribution in [2.75, 3.05) is 0 Å². The van der Waals surface area contributed by atoms with Crippen LogP contribution in [0.15, 0.2) is 12.6 Å². The van der Waals surface area contributed by atoms with Gasteiger partial charge in [0, 0.05) is 5.69 Å². The van der Waals surface area contributed by atoms with E-state index in [1.54, 1.807) is 6.08 Å². The number of aromatic nitrogens is 1. The van der Waals surface area contributed by atoms with Crippen LogP contribution in [0.1, 0.15) is 36.7 Å². The molecule has 0 aliphatic rings. The Hall–Kier alpha value is -1.05. The summed E-state index contributed by atoms with van der Waals surface area (Å²) in [5.41, 5.74) is 3.75.